The van der Waals surface area contributed by atoms with Crippen molar-refractivity contribution in [2.24, 2.45) is 0 Å². The molecule has 0 heterocycles. The Labute approximate surface area is 184 Å². The van der Waals surface area contributed by atoms with Gasteiger partial charge in [-0.1, -0.05) is 13.8 Å². The van der Waals surface area contributed by atoms with E-state index in [9.17, 15) is 9.59 Å². The van der Waals surface area contributed by atoms with Crippen molar-refractivity contribution in [3.63, 3.8) is 0 Å². The largest absolute Gasteiger partial charge is 0.460 e. The van der Waals surface area contributed by atoms with E-state index < -0.39 is 11.2 Å². The zero-order valence-electron chi connectivity index (χ0n) is 21.1. The first-order valence-corrected chi connectivity index (χ1v) is 11.2. The van der Waals surface area contributed by atoms with Crippen LogP contribution in [-0.4, -0.2) is 47.6 Å². The van der Waals surface area contributed by atoms with Crippen LogP contribution in [0.4, 0.5) is 0 Å². The summed E-state index contributed by atoms with van der Waals surface area (Å²) in [7, 11) is 0. The summed E-state index contributed by atoms with van der Waals surface area (Å²) in [6.07, 6.45) is 4.59. The highest BCUT2D eigenvalue weighted by Gasteiger charge is 2.31. The summed E-state index contributed by atoms with van der Waals surface area (Å²) in [4.78, 5) is 22.7. The van der Waals surface area contributed by atoms with Crippen LogP contribution in [0.15, 0.2) is 0 Å². The van der Waals surface area contributed by atoms with Crippen LogP contribution >= 0.6 is 0 Å². The molecule has 0 saturated heterocycles. The highest BCUT2D eigenvalue weighted by atomic mass is 16.6. The first-order chi connectivity index (χ1) is 13.6. The molecule has 178 valence electrons. The maximum Gasteiger partial charge on any atom is 0.303 e. The number of carbonyl (C=O) groups is 2. The van der Waals surface area contributed by atoms with Crippen LogP contribution in [0.5, 0.6) is 0 Å². The summed E-state index contributed by atoms with van der Waals surface area (Å²) in [5.74, 6) is -0.497. The molecule has 0 spiro atoms. The molecule has 0 radical (unpaired) electrons. The summed E-state index contributed by atoms with van der Waals surface area (Å²) < 4.78 is 23.1. The third-order valence-corrected chi connectivity index (χ3v) is 5.86. The van der Waals surface area contributed by atoms with Gasteiger partial charge >= 0.3 is 11.9 Å². The van der Waals surface area contributed by atoms with E-state index in [-0.39, 0.29) is 23.1 Å². The Hall–Kier alpha value is -1.14. The highest BCUT2D eigenvalue weighted by Crippen LogP contribution is 2.29. The number of carbonyl (C=O) groups excluding carboxylic acids is 2. The number of hydrogen-bond acceptors (Lipinski definition) is 6. The molecular weight excluding hydrogens is 384 g/mol. The van der Waals surface area contributed by atoms with Gasteiger partial charge in [0.25, 0.3) is 0 Å². The molecule has 0 aromatic carbocycles. The molecule has 2 unspecified atom stereocenters. The van der Waals surface area contributed by atoms with Crippen molar-refractivity contribution in [1.29, 1.82) is 0 Å². The van der Waals surface area contributed by atoms with Crippen LogP contribution in [0.25, 0.3) is 0 Å². The van der Waals surface area contributed by atoms with Gasteiger partial charge in [-0.15, -0.1) is 0 Å². The standard InChI is InChI=1S/C24H46O6/c1-11-23(9,29-19(3)25)15-13-21(5,6)27-17-18-28-22(7,8)14-16-24(10,12-2)30-20(4)26/h11-18H2,1-10H3. The van der Waals surface area contributed by atoms with E-state index in [2.05, 4.69) is 0 Å². The van der Waals surface area contributed by atoms with E-state index >= 15 is 0 Å². The van der Waals surface area contributed by atoms with Crippen molar-refractivity contribution in [3.8, 4) is 0 Å². The molecule has 0 aromatic rings. The van der Waals surface area contributed by atoms with Gasteiger partial charge in [0.15, 0.2) is 0 Å². The second-order valence-electron chi connectivity index (χ2n) is 10.0. The van der Waals surface area contributed by atoms with Crippen LogP contribution in [0.2, 0.25) is 0 Å². The minimum absolute atomic E-state index is 0.249. The zero-order chi connectivity index (χ0) is 23.6. The number of ether oxygens (including phenoxy) is 4. The minimum atomic E-state index is -0.459. The van der Waals surface area contributed by atoms with Gasteiger partial charge in [0.05, 0.1) is 24.4 Å². The monoisotopic (exact) mass is 430 g/mol. The van der Waals surface area contributed by atoms with E-state index in [4.69, 9.17) is 18.9 Å². The smallest absolute Gasteiger partial charge is 0.303 e. The Bertz CT molecular complexity index is 494. The highest BCUT2D eigenvalue weighted by molar-refractivity contribution is 5.66. The van der Waals surface area contributed by atoms with E-state index in [1.807, 2.05) is 55.4 Å². The SMILES string of the molecule is CCC(C)(CCC(C)(C)OCCOC(C)(C)CCC(C)(CC)OC(C)=O)OC(C)=O. The molecule has 0 saturated carbocycles. The van der Waals surface area contributed by atoms with Crippen molar-refractivity contribution in [2.75, 3.05) is 13.2 Å². The van der Waals surface area contributed by atoms with Gasteiger partial charge in [0.2, 0.25) is 0 Å². The predicted molar refractivity (Wildman–Crippen MR) is 119 cm³/mol. The summed E-state index contributed by atoms with van der Waals surface area (Å²) in [5.41, 5.74) is -1.59. The summed E-state index contributed by atoms with van der Waals surface area (Å²) in [5, 5.41) is 0. The van der Waals surface area contributed by atoms with Crippen molar-refractivity contribution in [1.82, 2.24) is 0 Å². The molecule has 0 bridgehead atoms. The number of esters is 2. The molecular formula is C24H46O6. The van der Waals surface area contributed by atoms with Crippen molar-refractivity contribution >= 4 is 11.9 Å². The Morgan fingerprint density at radius 3 is 1.13 bits per heavy atom. The normalized spacial score (nSPS) is 16.5. The first kappa shape index (κ1) is 28.9. The summed E-state index contributed by atoms with van der Waals surface area (Å²) >= 11 is 0. The van der Waals surface area contributed by atoms with Crippen LogP contribution in [0.1, 0.15) is 108 Å². The van der Waals surface area contributed by atoms with E-state index in [0.717, 1.165) is 38.5 Å². The Morgan fingerprint density at radius 2 is 0.900 bits per heavy atom. The van der Waals surface area contributed by atoms with Crippen LogP contribution in [0, 0.1) is 0 Å². The molecule has 0 rings (SSSR count). The lowest BCUT2D eigenvalue weighted by Gasteiger charge is -2.34. The molecule has 0 N–H and O–H groups in total. The fraction of sp³-hybridized carbons (Fsp3) is 0.917. The molecule has 0 aliphatic rings. The summed E-state index contributed by atoms with van der Waals surface area (Å²) in [6, 6.07) is 0. The fourth-order valence-electron chi connectivity index (χ4n) is 3.21. The second kappa shape index (κ2) is 12.0. The number of hydrogen-bond donors (Lipinski definition) is 0. The maximum atomic E-state index is 11.3. The summed E-state index contributed by atoms with van der Waals surface area (Å²) in [6.45, 7) is 20.1. The molecule has 0 fully saturated rings. The van der Waals surface area contributed by atoms with Crippen molar-refractivity contribution in [3.05, 3.63) is 0 Å². The third-order valence-electron chi connectivity index (χ3n) is 5.86. The first-order valence-electron chi connectivity index (χ1n) is 11.2. The van der Waals surface area contributed by atoms with Gasteiger partial charge in [-0.25, -0.2) is 0 Å². The lowest BCUT2D eigenvalue weighted by Crippen LogP contribution is -2.36. The van der Waals surface area contributed by atoms with Gasteiger partial charge in [-0.2, -0.15) is 0 Å². The zero-order valence-corrected chi connectivity index (χ0v) is 21.1. The molecule has 6 nitrogen and oxygen atoms in total. The van der Waals surface area contributed by atoms with Crippen molar-refractivity contribution in [2.45, 2.75) is 130 Å². The topological polar surface area (TPSA) is 71.1 Å². The average molecular weight is 431 g/mol. The van der Waals surface area contributed by atoms with Gasteiger partial charge in [0, 0.05) is 13.8 Å². The second-order valence-corrected chi connectivity index (χ2v) is 10.0. The van der Waals surface area contributed by atoms with Crippen molar-refractivity contribution < 1.29 is 28.5 Å². The number of rotatable bonds is 15. The lowest BCUT2D eigenvalue weighted by atomic mass is 9.90. The van der Waals surface area contributed by atoms with Gasteiger partial charge in [0.1, 0.15) is 11.2 Å². The lowest BCUT2D eigenvalue weighted by molar-refractivity contribution is -0.160. The van der Waals surface area contributed by atoms with Crippen LogP contribution in [-0.2, 0) is 28.5 Å². The molecule has 2 atom stereocenters. The van der Waals surface area contributed by atoms with E-state index in [0.29, 0.717) is 13.2 Å². The fourth-order valence-corrected chi connectivity index (χ4v) is 3.21. The Balaban J connectivity index is 4.43. The van der Waals surface area contributed by atoms with Crippen LogP contribution in [0.3, 0.4) is 0 Å². The predicted octanol–water partition coefficient (Wildman–Crippen LogP) is 5.60. The average Bonchev–Trinajstić information content (AvgIpc) is 2.61. The van der Waals surface area contributed by atoms with E-state index in [1.54, 1.807) is 0 Å². The molecule has 30 heavy (non-hydrogen) atoms. The van der Waals surface area contributed by atoms with Gasteiger partial charge in [-0.3, -0.25) is 9.59 Å². The van der Waals surface area contributed by atoms with Gasteiger partial charge in [-0.05, 0) is 80.1 Å². The molecule has 6 heteroatoms. The molecule has 0 aliphatic heterocycles. The van der Waals surface area contributed by atoms with E-state index in [1.165, 1.54) is 13.8 Å². The Morgan fingerprint density at radius 1 is 0.600 bits per heavy atom. The third kappa shape index (κ3) is 12.5. The van der Waals surface area contributed by atoms with Crippen LogP contribution < -0.4 is 0 Å². The maximum absolute atomic E-state index is 11.3. The molecule has 0 amide bonds. The molecule has 0 aliphatic carbocycles. The molecule has 0 aromatic heterocycles. The minimum Gasteiger partial charge on any atom is -0.460 e. The quantitative estimate of drug-likeness (QED) is 0.249. The Kier molecular flexibility index (Phi) is 11.6. The van der Waals surface area contributed by atoms with Gasteiger partial charge < -0.3 is 18.9 Å².